The van der Waals surface area contributed by atoms with Crippen LogP contribution in [0.25, 0.3) is 33.8 Å². The van der Waals surface area contributed by atoms with Gasteiger partial charge in [0.1, 0.15) is 0 Å². The Morgan fingerprint density at radius 1 is 0.969 bits per heavy atom. The number of nitrogens with zero attached hydrogens (tertiary/aromatic N) is 7. The van der Waals surface area contributed by atoms with Crippen LogP contribution in [0.4, 0.5) is 5.95 Å². The summed E-state index contributed by atoms with van der Waals surface area (Å²) in [5.74, 6) is 0.611. The molecule has 4 heterocycles. The highest BCUT2D eigenvalue weighted by molar-refractivity contribution is 5.73. The predicted octanol–water partition coefficient (Wildman–Crippen LogP) is 2.75. The van der Waals surface area contributed by atoms with Crippen molar-refractivity contribution in [3.05, 3.63) is 55.0 Å². The van der Waals surface area contributed by atoms with E-state index in [2.05, 4.69) is 33.3 Å². The Kier molecular flexibility index (Phi) is 5.42. The normalized spacial score (nSPS) is 16.5. The molecule has 0 bridgehead atoms. The zero-order valence-corrected chi connectivity index (χ0v) is 18.3. The van der Waals surface area contributed by atoms with Crippen molar-refractivity contribution in [3.8, 4) is 33.8 Å². The minimum Gasteiger partial charge on any atom is -0.375 e. The summed E-state index contributed by atoms with van der Waals surface area (Å²) in [4.78, 5) is 11.8. The largest absolute Gasteiger partial charge is 0.375 e. The molecular weight excluding hydrogens is 406 g/mol. The Hall–Kier alpha value is -3.56. The molecule has 1 aliphatic rings. The number of hydrogen-bond acceptors (Lipinski definition) is 7. The van der Waals surface area contributed by atoms with Crippen LogP contribution in [0.15, 0.2) is 55.0 Å². The lowest BCUT2D eigenvalue weighted by atomic mass is 10.0. The molecule has 0 radical (unpaired) electrons. The second-order valence-electron chi connectivity index (χ2n) is 7.76. The summed E-state index contributed by atoms with van der Waals surface area (Å²) >= 11 is 0. The fraction of sp³-hybridized carbons (Fsp3) is 0.304. The summed E-state index contributed by atoms with van der Waals surface area (Å²) in [7, 11) is 5.49. The maximum Gasteiger partial charge on any atom is 0.228 e. The molecule has 164 valence electrons. The van der Waals surface area contributed by atoms with Gasteiger partial charge >= 0.3 is 0 Å². The number of benzene rings is 1. The molecule has 1 saturated heterocycles. The van der Waals surface area contributed by atoms with Gasteiger partial charge in [0.25, 0.3) is 0 Å². The average Bonchev–Trinajstić information content (AvgIpc) is 3.47. The van der Waals surface area contributed by atoms with E-state index in [4.69, 9.17) is 19.4 Å². The Labute approximate surface area is 186 Å². The molecule has 0 saturated carbocycles. The fourth-order valence-corrected chi connectivity index (χ4v) is 3.82. The number of morpholine rings is 1. The van der Waals surface area contributed by atoms with Crippen molar-refractivity contribution in [1.29, 1.82) is 0 Å². The number of anilines is 1. The molecule has 0 spiro atoms. The lowest BCUT2D eigenvalue weighted by molar-refractivity contribution is -0.0196. The SMILES string of the molecule is COC1COCCN1c1nc(-c2cccc(-c3ccn(C)n3)c2)cc(-c2cnn(C)c2)n1. The Morgan fingerprint density at radius 3 is 2.44 bits per heavy atom. The third-order valence-corrected chi connectivity index (χ3v) is 5.50. The Balaban J connectivity index is 1.61. The molecule has 32 heavy (non-hydrogen) atoms. The van der Waals surface area contributed by atoms with E-state index in [0.717, 1.165) is 33.8 Å². The topological polar surface area (TPSA) is 83.1 Å². The highest BCUT2D eigenvalue weighted by atomic mass is 16.5. The van der Waals surface area contributed by atoms with Crippen molar-refractivity contribution < 1.29 is 9.47 Å². The van der Waals surface area contributed by atoms with Gasteiger partial charge in [-0.3, -0.25) is 9.36 Å². The van der Waals surface area contributed by atoms with Crippen molar-refractivity contribution in [2.75, 3.05) is 31.8 Å². The smallest absolute Gasteiger partial charge is 0.228 e. The van der Waals surface area contributed by atoms with E-state index in [9.17, 15) is 0 Å². The van der Waals surface area contributed by atoms with Crippen LogP contribution < -0.4 is 4.90 Å². The van der Waals surface area contributed by atoms with Gasteiger partial charge < -0.3 is 14.4 Å². The number of aromatic nitrogens is 6. The van der Waals surface area contributed by atoms with E-state index in [-0.39, 0.29) is 6.23 Å². The summed E-state index contributed by atoms with van der Waals surface area (Å²) in [6.45, 7) is 1.73. The number of rotatable bonds is 5. The van der Waals surface area contributed by atoms with Gasteiger partial charge in [-0.25, -0.2) is 9.97 Å². The molecule has 0 N–H and O–H groups in total. The molecule has 5 rings (SSSR count). The molecule has 9 nitrogen and oxygen atoms in total. The summed E-state index contributed by atoms with van der Waals surface area (Å²) < 4.78 is 14.8. The van der Waals surface area contributed by atoms with E-state index in [1.165, 1.54) is 0 Å². The van der Waals surface area contributed by atoms with Crippen LogP contribution >= 0.6 is 0 Å². The third-order valence-electron chi connectivity index (χ3n) is 5.50. The van der Waals surface area contributed by atoms with Gasteiger partial charge in [0.2, 0.25) is 5.95 Å². The predicted molar refractivity (Wildman–Crippen MR) is 121 cm³/mol. The van der Waals surface area contributed by atoms with E-state index in [1.807, 2.05) is 50.9 Å². The lowest BCUT2D eigenvalue weighted by Crippen LogP contribution is -2.47. The van der Waals surface area contributed by atoms with Crippen LogP contribution in [0.3, 0.4) is 0 Å². The van der Waals surface area contributed by atoms with Crippen molar-refractivity contribution in [1.82, 2.24) is 29.5 Å². The van der Waals surface area contributed by atoms with Gasteiger partial charge in [-0.15, -0.1) is 0 Å². The van der Waals surface area contributed by atoms with Gasteiger partial charge in [0, 0.05) is 56.8 Å². The standard InChI is InChI=1S/C23H25N7O2/c1-28-8-7-19(27-28)16-5-4-6-17(11-16)20-12-21(18-13-24-29(2)14-18)26-23(25-20)30-9-10-32-15-22(30)31-3/h4-8,11-14,22H,9-10,15H2,1-3H3. The first-order valence-corrected chi connectivity index (χ1v) is 10.5. The summed E-state index contributed by atoms with van der Waals surface area (Å²) in [6.07, 6.45) is 5.47. The first kappa shape index (κ1) is 20.3. The number of ether oxygens (including phenoxy) is 2. The van der Waals surface area contributed by atoms with Crippen LogP contribution in [0.1, 0.15) is 0 Å². The van der Waals surface area contributed by atoms with Crippen LogP contribution in [0.5, 0.6) is 0 Å². The summed E-state index contributed by atoms with van der Waals surface area (Å²) in [5, 5.41) is 8.84. The zero-order chi connectivity index (χ0) is 22.1. The van der Waals surface area contributed by atoms with E-state index < -0.39 is 0 Å². The highest BCUT2D eigenvalue weighted by Crippen LogP contribution is 2.30. The Morgan fingerprint density at radius 2 is 1.75 bits per heavy atom. The number of methoxy groups -OCH3 is 1. The minimum absolute atomic E-state index is 0.236. The maximum atomic E-state index is 5.63. The van der Waals surface area contributed by atoms with Crippen molar-refractivity contribution in [3.63, 3.8) is 0 Å². The molecule has 1 fully saturated rings. The third kappa shape index (κ3) is 4.00. The van der Waals surface area contributed by atoms with Gasteiger partial charge in [-0.05, 0) is 18.2 Å². The molecule has 0 amide bonds. The molecule has 3 aromatic heterocycles. The van der Waals surface area contributed by atoms with Crippen LogP contribution in [-0.4, -0.2) is 62.6 Å². The lowest BCUT2D eigenvalue weighted by Gasteiger charge is -2.34. The molecule has 1 unspecified atom stereocenters. The summed E-state index contributed by atoms with van der Waals surface area (Å²) in [5.41, 5.74) is 5.51. The average molecular weight is 432 g/mol. The molecule has 4 aromatic rings. The molecule has 1 atom stereocenters. The highest BCUT2D eigenvalue weighted by Gasteiger charge is 2.26. The molecule has 1 aliphatic heterocycles. The zero-order valence-electron chi connectivity index (χ0n) is 18.3. The Bertz CT molecular complexity index is 1230. The monoisotopic (exact) mass is 431 g/mol. The first-order chi connectivity index (χ1) is 15.6. The van der Waals surface area contributed by atoms with Crippen molar-refractivity contribution in [2.24, 2.45) is 14.1 Å². The van der Waals surface area contributed by atoms with Crippen LogP contribution in [0, 0.1) is 0 Å². The van der Waals surface area contributed by atoms with Gasteiger partial charge in [-0.1, -0.05) is 18.2 Å². The van der Waals surface area contributed by atoms with E-state index >= 15 is 0 Å². The van der Waals surface area contributed by atoms with Gasteiger partial charge in [0.15, 0.2) is 6.23 Å². The quantitative estimate of drug-likeness (QED) is 0.480. The summed E-state index contributed by atoms with van der Waals surface area (Å²) in [6, 6.07) is 12.2. The van der Waals surface area contributed by atoms with Crippen LogP contribution in [0.2, 0.25) is 0 Å². The van der Waals surface area contributed by atoms with Crippen LogP contribution in [-0.2, 0) is 23.6 Å². The van der Waals surface area contributed by atoms with E-state index in [0.29, 0.717) is 25.7 Å². The van der Waals surface area contributed by atoms with Gasteiger partial charge in [-0.2, -0.15) is 10.2 Å². The number of hydrogen-bond donors (Lipinski definition) is 0. The molecular formula is C23H25N7O2. The maximum absolute atomic E-state index is 5.63. The molecule has 0 aliphatic carbocycles. The van der Waals surface area contributed by atoms with Crippen molar-refractivity contribution in [2.45, 2.75) is 6.23 Å². The van der Waals surface area contributed by atoms with E-state index in [1.54, 1.807) is 16.5 Å². The first-order valence-electron chi connectivity index (χ1n) is 10.5. The van der Waals surface area contributed by atoms with Crippen molar-refractivity contribution >= 4 is 5.95 Å². The molecule has 9 heteroatoms. The number of aryl methyl sites for hydroxylation is 2. The molecule has 1 aromatic carbocycles. The minimum atomic E-state index is -0.236. The second kappa shape index (κ2) is 8.52. The second-order valence-corrected chi connectivity index (χ2v) is 7.76. The van der Waals surface area contributed by atoms with Gasteiger partial charge in [0.05, 0.1) is 36.5 Å². The fourth-order valence-electron chi connectivity index (χ4n) is 3.82.